The van der Waals surface area contributed by atoms with E-state index in [1.807, 2.05) is 18.2 Å². The molecule has 2 N–H and O–H groups in total. The van der Waals surface area contributed by atoms with Crippen LogP contribution < -0.4 is 5.32 Å². The van der Waals surface area contributed by atoms with Crippen molar-refractivity contribution in [3.63, 3.8) is 0 Å². The quantitative estimate of drug-likeness (QED) is 0.695. The van der Waals surface area contributed by atoms with Crippen LogP contribution in [-0.2, 0) is 13.0 Å². The van der Waals surface area contributed by atoms with Crippen LogP contribution in [0.25, 0.3) is 11.0 Å². The van der Waals surface area contributed by atoms with Crippen molar-refractivity contribution in [2.24, 2.45) is 0 Å². The van der Waals surface area contributed by atoms with Crippen LogP contribution in [0.1, 0.15) is 17.0 Å². The maximum Gasteiger partial charge on any atom is 0.108 e. The van der Waals surface area contributed by atoms with Gasteiger partial charge < -0.3 is 10.3 Å². The summed E-state index contributed by atoms with van der Waals surface area (Å²) in [6, 6.07) is 16.8. The minimum atomic E-state index is 0.903. The lowest BCUT2D eigenvalue weighted by molar-refractivity contribution is 0.675. The minimum Gasteiger partial charge on any atom is -0.342 e. The van der Waals surface area contributed by atoms with Crippen LogP contribution in [0.3, 0.4) is 0 Å². The third-order valence-corrected chi connectivity index (χ3v) is 3.43. The second-order valence-corrected chi connectivity index (χ2v) is 5.11. The van der Waals surface area contributed by atoms with Gasteiger partial charge in [0.05, 0.1) is 11.0 Å². The summed E-state index contributed by atoms with van der Waals surface area (Å²) in [5, 5.41) is 3.45. The van der Waals surface area contributed by atoms with E-state index < -0.39 is 0 Å². The standard InChI is InChI=1S/C17H19N3/c1-13-6-8-14(9-7-13)12-18-11-10-17-19-15-4-2-3-5-16(15)20-17/h2-9,18H,10-12H2,1H3,(H,19,20). The summed E-state index contributed by atoms with van der Waals surface area (Å²) in [7, 11) is 0. The van der Waals surface area contributed by atoms with Gasteiger partial charge in [-0.05, 0) is 24.6 Å². The van der Waals surface area contributed by atoms with Crippen molar-refractivity contribution >= 4 is 11.0 Å². The van der Waals surface area contributed by atoms with Crippen LogP contribution in [0.5, 0.6) is 0 Å². The van der Waals surface area contributed by atoms with Crippen LogP contribution >= 0.6 is 0 Å². The van der Waals surface area contributed by atoms with E-state index in [1.54, 1.807) is 0 Å². The summed E-state index contributed by atoms with van der Waals surface area (Å²) in [4.78, 5) is 7.92. The number of aromatic amines is 1. The fourth-order valence-electron chi connectivity index (χ4n) is 2.27. The molecule has 3 aromatic rings. The van der Waals surface area contributed by atoms with Gasteiger partial charge >= 0.3 is 0 Å². The van der Waals surface area contributed by atoms with Crippen molar-refractivity contribution in [2.45, 2.75) is 19.9 Å². The fraction of sp³-hybridized carbons (Fsp3) is 0.235. The summed E-state index contributed by atoms with van der Waals surface area (Å²) >= 11 is 0. The first kappa shape index (κ1) is 12.9. The Balaban J connectivity index is 1.51. The van der Waals surface area contributed by atoms with E-state index in [4.69, 9.17) is 0 Å². The molecule has 3 heteroatoms. The van der Waals surface area contributed by atoms with Crippen molar-refractivity contribution in [1.29, 1.82) is 0 Å². The van der Waals surface area contributed by atoms with Gasteiger partial charge in [0.25, 0.3) is 0 Å². The number of para-hydroxylation sites is 2. The SMILES string of the molecule is Cc1ccc(CNCCc2nc3ccccc3[nH]2)cc1. The summed E-state index contributed by atoms with van der Waals surface area (Å²) < 4.78 is 0. The average molecular weight is 265 g/mol. The molecule has 2 aromatic carbocycles. The largest absolute Gasteiger partial charge is 0.342 e. The van der Waals surface area contributed by atoms with Crippen molar-refractivity contribution in [3.05, 3.63) is 65.5 Å². The van der Waals surface area contributed by atoms with E-state index in [2.05, 4.69) is 52.5 Å². The number of hydrogen-bond donors (Lipinski definition) is 2. The molecule has 1 heterocycles. The zero-order valence-corrected chi connectivity index (χ0v) is 11.7. The molecular weight excluding hydrogens is 246 g/mol. The number of nitrogens with zero attached hydrogens (tertiary/aromatic N) is 1. The lowest BCUT2D eigenvalue weighted by Crippen LogP contribution is -2.17. The summed E-state index contributed by atoms with van der Waals surface area (Å²) in [5.74, 6) is 1.04. The number of H-pyrrole nitrogens is 1. The molecule has 0 saturated heterocycles. The Hall–Kier alpha value is -2.13. The monoisotopic (exact) mass is 265 g/mol. The number of rotatable bonds is 5. The molecule has 0 bridgehead atoms. The Bertz CT molecular complexity index is 650. The van der Waals surface area contributed by atoms with E-state index in [0.717, 1.165) is 36.4 Å². The molecule has 20 heavy (non-hydrogen) atoms. The maximum atomic E-state index is 4.57. The highest BCUT2D eigenvalue weighted by atomic mass is 14.9. The molecule has 0 amide bonds. The summed E-state index contributed by atoms with van der Waals surface area (Å²) in [6.45, 7) is 3.94. The predicted molar refractivity (Wildman–Crippen MR) is 82.7 cm³/mol. The van der Waals surface area contributed by atoms with Gasteiger partial charge in [-0.1, -0.05) is 42.0 Å². The molecule has 0 fully saturated rings. The first-order chi connectivity index (χ1) is 9.81. The normalized spacial score (nSPS) is 11.1. The van der Waals surface area contributed by atoms with Gasteiger partial charge in [-0.25, -0.2) is 4.98 Å². The number of nitrogens with one attached hydrogen (secondary N) is 2. The predicted octanol–water partition coefficient (Wildman–Crippen LogP) is 3.20. The van der Waals surface area contributed by atoms with Gasteiger partial charge in [0.2, 0.25) is 0 Å². The number of hydrogen-bond acceptors (Lipinski definition) is 2. The smallest absolute Gasteiger partial charge is 0.108 e. The molecule has 0 aliphatic heterocycles. The van der Waals surface area contributed by atoms with Crippen molar-refractivity contribution < 1.29 is 0 Å². The van der Waals surface area contributed by atoms with Crippen molar-refractivity contribution in [2.75, 3.05) is 6.54 Å². The van der Waals surface area contributed by atoms with E-state index in [1.165, 1.54) is 11.1 Å². The van der Waals surface area contributed by atoms with Crippen molar-refractivity contribution in [1.82, 2.24) is 15.3 Å². The van der Waals surface area contributed by atoms with E-state index >= 15 is 0 Å². The Morgan fingerprint density at radius 3 is 2.65 bits per heavy atom. The second kappa shape index (κ2) is 5.88. The second-order valence-electron chi connectivity index (χ2n) is 5.11. The summed E-state index contributed by atoms with van der Waals surface area (Å²) in [6.07, 6.45) is 0.917. The Labute approximate surface area is 119 Å². The van der Waals surface area contributed by atoms with Gasteiger partial charge in [-0.2, -0.15) is 0 Å². The van der Waals surface area contributed by atoms with E-state index in [-0.39, 0.29) is 0 Å². The first-order valence-corrected chi connectivity index (χ1v) is 7.01. The average Bonchev–Trinajstić information content (AvgIpc) is 2.88. The molecule has 1 aromatic heterocycles. The van der Waals surface area contributed by atoms with Gasteiger partial charge in [-0.3, -0.25) is 0 Å². The lowest BCUT2D eigenvalue weighted by Gasteiger charge is -2.04. The van der Waals surface area contributed by atoms with Gasteiger partial charge in [0, 0.05) is 19.5 Å². The highest BCUT2D eigenvalue weighted by Crippen LogP contribution is 2.10. The number of aryl methyl sites for hydroxylation is 1. The van der Waals surface area contributed by atoms with E-state index in [9.17, 15) is 0 Å². The highest BCUT2D eigenvalue weighted by Gasteiger charge is 2.01. The molecule has 3 nitrogen and oxygen atoms in total. The fourth-order valence-corrected chi connectivity index (χ4v) is 2.27. The van der Waals surface area contributed by atoms with E-state index in [0.29, 0.717) is 0 Å². The topological polar surface area (TPSA) is 40.7 Å². The number of benzene rings is 2. The number of imidazole rings is 1. The maximum absolute atomic E-state index is 4.57. The Morgan fingerprint density at radius 1 is 1.05 bits per heavy atom. The van der Waals surface area contributed by atoms with Gasteiger partial charge in [0.1, 0.15) is 5.82 Å². The van der Waals surface area contributed by atoms with Crippen LogP contribution in [0.2, 0.25) is 0 Å². The molecule has 0 aliphatic rings. The molecule has 102 valence electrons. The molecule has 0 atom stereocenters. The molecule has 0 unspecified atom stereocenters. The third kappa shape index (κ3) is 3.06. The number of aromatic nitrogens is 2. The summed E-state index contributed by atoms with van der Waals surface area (Å²) in [5.41, 5.74) is 4.78. The molecule has 0 spiro atoms. The molecule has 0 radical (unpaired) electrons. The first-order valence-electron chi connectivity index (χ1n) is 7.01. The Morgan fingerprint density at radius 2 is 1.85 bits per heavy atom. The molecule has 0 saturated carbocycles. The molecular formula is C17H19N3. The van der Waals surface area contributed by atoms with Crippen LogP contribution in [0, 0.1) is 6.92 Å². The lowest BCUT2D eigenvalue weighted by atomic mass is 10.1. The van der Waals surface area contributed by atoms with Gasteiger partial charge in [0.15, 0.2) is 0 Å². The molecule has 3 rings (SSSR count). The Kier molecular flexibility index (Phi) is 3.79. The van der Waals surface area contributed by atoms with Crippen LogP contribution in [0.4, 0.5) is 0 Å². The zero-order valence-electron chi connectivity index (χ0n) is 11.7. The third-order valence-electron chi connectivity index (χ3n) is 3.43. The number of fused-ring (bicyclic) bond motifs is 1. The highest BCUT2D eigenvalue weighted by molar-refractivity contribution is 5.74. The zero-order chi connectivity index (χ0) is 13.8. The minimum absolute atomic E-state index is 0.903. The molecule has 0 aliphatic carbocycles. The van der Waals surface area contributed by atoms with Gasteiger partial charge in [-0.15, -0.1) is 0 Å². The van der Waals surface area contributed by atoms with Crippen LogP contribution in [0.15, 0.2) is 48.5 Å². The van der Waals surface area contributed by atoms with Crippen molar-refractivity contribution in [3.8, 4) is 0 Å². The van der Waals surface area contributed by atoms with Crippen LogP contribution in [-0.4, -0.2) is 16.5 Å².